The number of halogens is 2. The summed E-state index contributed by atoms with van der Waals surface area (Å²) in [5, 5.41) is 1.48. The molecule has 2 aromatic heterocycles. The molecule has 3 aromatic rings. The summed E-state index contributed by atoms with van der Waals surface area (Å²) >= 11 is 5.73. The smallest absolute Gasteiger partial charge is 0.148 e. The van der Waals surface area contributed by atoms with Crippen molar-refractivity contribution in [1.82, 2.24) is 9.55 Å². The van der Waals surface area contributed by atoms with Gasteiger partial charge in [0.2, 0.25) is 0 Å². The molecule has 0 bridgehead atoms. The van der Waals surface area contributed by atoms with E-state index in [1.54, 1.807) is 0 Å². The van der Waals surface area contributed by atoms with Gasteiger partial charge in [-0.2, -0.15) is 0 Å². The highest BCUT2D eigenvalue weighted by Crippen LogP contribution is 2.22. The second-order valence-electron chi connectivity index (χ2n) is 5.02. The molecule has 0 saturated heterocycles. The van der Waals surface area contributed by atoms with Crippen molar-refractivity contribution in [2.45, 2.75) is 20.4 Å². The number of pyridine rings is 1. The summed E-state index contributed by atoms with van der Waals surface area (Å²) in [5.74, 6) is -0.370. The van der Waals surface area contributed by atoms with Crippen molar-refractivity contribution >= 4 is 22.5 Å². The van der Waals surface area contributed by atoms with Gasteiger partial charge in [-0.15, -0.1) is 0 Å². The molecule has 2 nitrogen and oxygen atoms in total. The summed E-state index contributed by atoms with van der Waals surface area (Å²) in [6.45, 7) is 4.48. The number of hydrogen-bond donors (Lipinski definition) is 0. The van der Waals surface area contributed by atoms with Crippen molar-refractivity contribution in [3.05, 3.63) is 64.3 Å². The number of hydrogen-bond acceptors (Lipinski definition) is 1. The standard InChI is InChI=1S/C16H14ClFN2/c1-10-3-4-16-12(5-10)6-11(2)20(16)9-15-14(18)7-13(17)8-19-15/h3-8H,9H2,1-2H3. The Morgan fingerprint density at radius 2 is 2.00 bits per heavy atom. The van der Waals surface area contributed by atoms with Crippen LogP contribution in [0.4, 0.5) is 4.39 Å². The van der Waals surface area contributed by atoms with Crippen molar-refractivity contribution in [2.24, 2.45) is 0 Å². The van der Waals surface area contributed by atoms with E-state index in [1.807, 2.05) is 6.92 Å². The molecule has 102 valence electrons. The lowest BCUT2D eigenvalue weighted by Gasteiger charge is -2.09. The minimum atomic E-state index is -0.370. The maximum atomic E-state index is 13.9. The van der Waals surface area contributed by atoms with Crippen LogP contribution >= 0.6 is 11.6 Å². The summed E-state index contributed by atoms with van der Waals surface area (Å²) in [6.07, 6.45) is 1.48. The Balaban J connectivity index is 2.08. The SMILES string of the molecule is Cc1ccc2c(c1)cc(C)n2Cc1ncc(Cl)cc1F. The highest BCUT2D eigenvalue weighted by molar-refractivity contribution is 6.30. The molecule has 0 fully saturated rings. The molecule has 0 N–H and O–H groups in total. The van der Waals surface area contributed by atoms with Crippen LogP contribution < -0.4 is 0 Å². The maximum absolute atomic E-state index is 13.9. The van der Waals surface area contributed by atoms with Crippen molar-refractivity contribution in [2.75, 3.05) is 0 Å². The van der Waals surface area contributed by atoms with Gasteiger partial charge >= 0.3 is 0 Å². The van der Waals surface area contributed by atoms with Crippen molar-refractivity contribution in [3.63, 3.8) is 0 Å². The first-order valence-corrected chi connectivity index (χ1v) is 6.79. The monoisotopic (exact) mass is 288 g/mol. The molecule has 0 radical (unpaired) electrons. The molecule has 0 aliphatic heterocycles. The van der Waals surface area contributed by atoms with E-state index < -0.39 is 0 Å². The zero-order chi connectivity index (χ0) is 14.3. The van der Waals surface area contributed by atoms with Crippen molar-refractivity contribution in [3.8, 4) is 0 Å². The molecule has 4 heteroatoms. The molecule has 0 aliphatic carbocycles. The van der Waals surface area contributed by atoms with Gasteiger partial charge in [-0.3, -0.25) is 4.98 Å². The molecule has 0 atom stereocenters. The average Bonchev–Trinajstić information content (AvgIpc) is 2.68. The molecule has 1 aromatic carbocycles. The third-order valence-electron chi connectivity index (χ3n) is 3.46. The van der Waals surface area contributed by atoms with E-state index in [0.29, 0.717) is 17.3 Å². The first-order valence-electron chi connectivity index (χ1n) is 6.41. The molecular weight excluding hydrogens is 275 g/mol. The lowest BCUT2D eigenvalue weighted by Crippen LogP contribution is -2.05. The largest absolute Gasteiger partial charge is 0.339 e. The summed E-state index contributed by atoms with van der Waals surface area (Å²) in [4.78, 5) is 4.09. The molecule has 0 spiro atoms. The third kappa shape index (κ3) is 2.29. The molecule has 0 saturated carbocycles. The fraction of sp³-hybridized carbons (Fsp3) is 0.188. The molecule has 3 rings (SSSR count). The average molecular weight is 289 g/mol. The van der Waals surface area contributed by atoms with Crippen LogP contribution in [0.3, 0.4) is 0 Å². The van der Waals surface area contributed by atoms with Crippen LogP contribution in [0.2, 0.25) is 5.02 Å². The molecule has 0 amide bonds. The lowest BCUT2D eigenvalue weighted by molar-refractivity contribution is 0.587. The van der Waals surface area contributed by atoms with Gasteiger partial charge in [-0.05, 0) is 38.1 Å². The summed E-state index contributed by atoms with van der Waals surface area (Å²) < 4.78 is 15.9. The Labute approximate surface area is 121 Å². The normalized spacial score (nSPS) is 11.2. The minimum Gasteiger partial charge on any atom is -0.339 e. The van der Waals surface area contributed by atoms with E-state index in [-0.39, 0.29) is 5.82 Å². The highest BCUT2D eigenvalue weighted by Gasteiger charge is 2.10. The topological polar surface area (TPSA) is 17.8 Å². The van der Waals surface area contributed by atoms with Crippen LogP contribution in [0, 0.1) is 19.7 Å². The third-order valence-corrected chi connectivity index (χ3v) is 3.66. The van der Waals surface area contributed by atoms with E-state index in [0.717, 1.165) is 16.6 Å². The van der Waals surface area contributed by atoms with Gasteiger partial charge in [0.25, 0.3) is 0 Å². The van der Waals surface area contributed by atoms with Gasteiger partial charge in [-0.25, -0.2) is 4.39 Å². The number of aromatic nitrogens is 2. The van der Waals surface area contributed by atoms with Crippen LogP contribution in [0.15, 0.2) is 36.5 Å². The molecule has 0 aliphatic rings. The van der Waals surface area contributed by atoms with Gasteiger partial charge in [0, 0.05) is 22.8 Å². The Kier molecular flexibility index (Phi) is 3.22. The van der Waals surface area contributed by atoms with Crippen molar-refractivity contribution in [1.29, 1.82) is 0 Å². The van der Waals surface area contributed by atoms with Gasteiger partial charge in [-0.1, -0.05) is 23.2 Å². The quantitative estimate of drug-likeness (QED) is 0.679. The van der Waals surface area contributed by atoms with Crippen molar-refractivity contribution < 1.29 is 4.39 Å². The summed E-state index contributed by atoms with van der Waals surface area (Å²) in [5.41, 5.74) is 3.78. The highest BCUT2D eigenvalue weighted by atomic mass is 35.5. The first-order chi connectivity index (χ1) is 9.54. The van der Waals surface area contributed by atoms with Crippen LogP contribution in [-0.2, 0) is 6.54 Å². The lowest BCUT2D eigenvalue weighted by atomic mass is 10.2. The van der Waals surface area contributed by atoms with E-state index in [4.69, 9.17) is 11.6 Å². The Morgan fingerprint density at radius 3 is 2.75 bits per heavy atom. The Hall–Kier alpha value is -1.87. The number of nitrogens with zero attached hydrogens (tertiary/aromatic N) is 2. The minimum absolute atomic E-state index is 0.316. The number of rotatable bonds is 2. The second-order valence-corrected chi connectivity index (χ2v) is 5.45. The van der Waals surface area contributed by atoms with Crippen LogP contribution in [0.1, 0.15) is 17.0 Å². The van der Waals surface area contributed by atoms with Gasteiger partial charge in [0.15, 0.2) is 0 Å². The predicted octanol–water partition coefficient (Wildman–Crippen LogP) is 4.49. The molecule has 0 unspecified atom stereocenters. The Morgan fingerprint density at radius 1 is 1.20 bits per heavy atom. The van der Waals surface area contributed by atoms with Gasteiger partial charge < -0.3 is 4.57 Å². The maximum Gasteiger partial charge on any atom is 0.148 e. The number of aryl methyl sites for hydroxylation is 2. The number of fused-ring (bicyclic) bond motifs is 1. The zero-order valence-corrected chi connectivity index (χ0v) is 12.1. The predicted molar refractivity (Wildman–Crippen MR) is 79.7 cm³/mol. The zero-order valence-electron chi connectivity index (χ0n) is 11.3. The van der Waals surface area contributed by atoms with Gasteiger partial charge in [0.05, 0.1) is 17.3 Å². The number of benzene rings is 1. The van der Waals surface area contributed by atoms with Crippen LogP contribution in [0.25, 0.3) is 10.9 Å². The fourth-order valence-electron chi connectivity index (χ4n) is 2.45. The fourth-order valence-corrected chi connectivity index (χ4v) is 2.59. The summed E-state index contributed by atoms with van der Waals surface area (Å²) in [7, 11) is 0. The Bertz CT molecular complexity index is 793. The summed E-state index contributed by atoms with van der Waals surface area (Å²) in [6, 6.07) is 9.66. The van der Waals surface area contributed by atoms with Crippen LogP contribution in [-0.4, -0.2) is 9.55 Å². The van der Waals surface area contributed by atoms with Crippen LogP contribution in [0.5, 0.6) is 0 Å². The van der Waals surface area contributed by atoms with E-state index in [9.17, 15) is 4.39 Å². The first kappa shape index (κ1) is 13.1. The second kappa shape index (κ2) is 4.91. The van der Waals surface area contributed by atoms with E-state index >= 15 is 0 Å². The molecule has 2 heterocycles. The van der Waals surface area contributed by atoms with E-state index in [2.05, 4.69) is 40.7 Å². The molecule has 20 heavy (non-hydrogen) atoms. The molecular formula is C16H14ClFN2. The van der Waals surface area contributed by atoms with Gasteiger partial charge in [0.1, 0.15) is 5.82 Å². The van der Waals surface area contributed by atoms with E-state index in [1.165, 1.54) is 17.8 Å².